The van der Waals surface area contributed by atoms with Crippen molar-refractivity contribution in [3.05, 3.63) is 47.5 Å². The number of nitrogens with zero attached hydrogens (tertiary/aromatic N) is 2. The molecule has 1 aromatic heterocycles. The van der Waals surface area contributed by atoms with Crippen LogP contribution in [-0.2, 0) is 7.05 Å². The molecule has 19 heavy (non-hydrogen) atoms. The molecule has 0 aliphatic carbocycles. The van der Waals surface area contributed by atoms with E-state index in [1.165, 1.54) is 0 Å². The SMILES string of the molecule is CNc1ccccc1-c1nc2cccc(Cl)c2n1C. The summed E-state index contributed by atoms with van der Waals surface area (Å²) in [6.07, 6.45) is 0. The van der Waals surface area contributed by atoms with Crippen molar-refractivity contribution in [3.63, 3.8) is 0 Å². The van der Waals surface area contributed by atoms with Crippen LogP contribution in [0, 0.1) is 0 Å². The molecule has 3 aromatic rings. The van der Waals surface area contributed by atoms with Crippen LogP contribution >= 0.6 is 11.6 Å². The number of imidazole rings is 1. The zero-order valence-corrected chi connectivity index (χ0v) is 11.6. The predicted molar refractivity (Wildman–Crippen MR) is 80.7 cm³/mol. The highest BCUT2D eigenvalue weighted by Crippen LogP contribution is 2.31. The van der Waals surface area contributed by atoms with E-state index in [1.54, 1.807) is 0 Å². The zero-order chi connectivity index (χ0) is 13.4. The maximum Gasteiger partial charge on any atom is 0.142 e. The molecule has 4 heteroatoms. The van der Waals surface area contributed by atoms with Crippen LogP contribution in [-0.4, -0.2) is 16.6 Å². The molecule has 0 aliphatic heterocycles. The molecule has 0 atom stereocenters. The monoisotopic (exact) mass is 271 g/mol. The van der Waals surface area contributed by atoms with E-state index in [0.717, 1.165) is 33.1 Å². The number of rotatable bonds is 2. The lowest BCUT2D eigenvalue weighted by Gasteiger charge is -2.08. The van der Waals surface area contributed by atoms with E-state index in [-0.39, 0.29) is 0 Å². The van der Waals surface area contributed by atoms with E-state index in [4.69, 9.17) is 16.6 Å². The summed E-state index contributed by atoms with van der Waals surface area (Å²) in [5.74, 6) is 0.910. The van der Waals surface area contributed by atoms with Crippen molar-refractivity contribution in [1.29, 1.82) is 0 Å². The van der Waals surface area contributed by atoms with Gasteiger partial charge in [0.15, 0.2) is 0 Å². The molecule has 0 radical (unpaired) electrons. The zero-order valence-electron chi connectivity index (χ0n) is 10.8. The largest absolute Gasteiger partial charge is 0.388 e. The maximum atomic E-state index is 6.26. The second-order valence-corrected chi connectivity index (χ2v) is 4.80. The molecule has 0 fully saturated rings. The van der Waals surface area contributed by atoms with Gasteiger partial charge in [0, 0.05) is 25.3 Å². The summed E-state index contributed by atoms with van der Waals surface area (Å²) in [6.45, 7) is 0. The van der Waals surface area contributed by atoms with Crippen molar-refractivity contribution < 1.29 is 0 Å². The minimum atomic E-state index is 0.723. The van der Waals surface area contributed by atoms with E-state index >= 15 is 0 Å². The topological polar surface area (TPSA) is 29.9 Å². The summed E-state index contributed by atoms with van der Waals surface area (Å²) in [6, 6.07) is 13.9. The van der Waals surface area contributed by atoms with Crippen LogP contribution in [0.2, 0.25) is 5.02 Å². The third kappa shape index (κ3) is 1.87. The Hall–Kier alpha value is -2.00. The molecule has 0 aliphatic rings. The number of benzene rings is 2. The number of aryl methyl sites for hydroxylation is 1. The highest BCUT2D eigenvalue weighted by atomic mass is 35.5. The molecule has 0 bridgehead atoms. The van der Waals surface area contributed by atoms with Gasteiger partial charge in [-0.3, -0.25) is 0 Å². The molecule has 0 saturated heterocycles. The number of para-hydroxylation sites is 2. The molecule has 96 valence electrons. The van der Waals surface area contributed by atoms with E-state index in [0.29, 0.717) is 0 Å². The molecule has 1 heterocycles. The Balaban J connectivity index is 2.32. The Morgan fingerprint density at radius 1 is 1.11 bits per heavy atom. The molecule has 3 nitrogen and oxygen atoms in total. The van der Waals surface area contributed by atoms with Crippen LogP contribution in [0.1, 0.15) is 0 Å². The number of fused-ring (bicyclic) bond motifs is 1. The summed E-state index contributed by atoms with van der Waals surface area (Å²) >= 11 is 6.26. The number of aromatic nitrogens is 2. The van der Waals surface area contributed by atoms with Crippen LogP contribution in [0.4, 0.5) is 5.69 Å². The van der Waals surface area contributed by atoms with Gasteiger partial charge in [-0.15, -0.1) is 0 Å². The van der Waals surface area contributed by atoms with Crippen molar-refractivity contribution in [2.45, 2.75) is 0 Å². The highest BCUT2D eigenvalue weighted by Gasteiger charge is 2.14. The van der Waals surface area contributed by atoms with Crippen molar-refractivity contribution in [2.75, 3.05) is 12.4 Å². The number of nitrogens with one attached hydrogen (secondary N) is 1. The van der Waals surface area contributed by atoms with E-state index in [9.17, 15) is 0 Å². The fraction of sp³-hybridized carbons (Fsp3) is 0.133. The van der Waals surface area contributed by atoms with Crippen LogP contribution < -0.4 is 5.32 Å². The molecule has 0 unspecified atom stereocenters. The Morgan fingerprint density at radius 3 is 2.63 bits per heavy atom. The molecular weight excluding hydrogens is 258 g/mol. The fourth-order valence-corrected chi connectivity index (χ4v) is 2.65. The standard InChI is InChI=1S/C15H14ClN3/c1-17-12-8-4-3-6-10(12)15-18-13-9-5-7-11(16)14(13)19(15)2/h3-9,17H,1-2H3. The summed E-state index contributed by atoms with van der Waals surface area (Å²) in [5.41, 5.74) is 4.00. The minimum Gasteiger partial charge on any atom is -0.388 e. The first kappa shape index (κ1) is 12.1. The van der Waals surface area contributed by atoms with E-state index < -0.39 is 0 Å². The molecular formula is C15H14ClN3. The lowest BCUT2D eigenvalue weighted by atomic mass is 10.1. The Bertz CT molecular complexity index is 746. The molecule has 0 saturated carbocycles. The number of anilines is 1. The highest BCUT2D eigenvalue weighted by molar-refractivity contribution is 6.35. The minimum absolute atomic E-state index is 0.723. The Labute approximate surface area is 116 Å². The van der Waals surface area contributed by atoms with Gasteiger partial charge >= 0.3 is 0 Å². The summed E-state index contributed by atoms with van der Waals surface area (Å²) in [5, 5.41) is 3.92. The summed E-state index contributed by atoms with van der Waals surface area (Å²) < 4.78 is 2.04. The molecule has 3 rings (SSSR count). The van der Waals surface area contributed by atoms with Gasteiger partial charge in [0.2, 0.25) is 0 Å². The van der Waals surface area contributed by atoms with Gasteiger partial charge in [0.25, 0.3) is 0 Å². The van der Waals surface area contributed by atoms with Crippen molar-refractivity contribution in [1.82, 2.24) is 9.55 Å². The maximum absolute atomic E-state index is 6.26. The first-order valence-electron chi connectivity index (χ1n) is 6.10. The molecule has 0 spiro atoms. The van der Waals surface area contributed by atoms with Crippen LogP contribution in [0.25, 0.3) is 22.4 Å². The second kappa shape index (κ2) is 4.59. The molecule has 1 N–H and O–H groups in total. The van der Waals surface area contributed by atoms with E-state index in [2.05, 4.69) is 11.4 Å². The Kier molecular flexibility index (Phi) is 2.91. The van der Waals surface area contributed by atoms with Gasteiger partial charge in [0.05, 0.1) is 16.1 Å². The van der Waals surface area contributed by atoms with Gasteiger partial charge in [-0.1, -0.05) is 29.8 Å². The smallest absolute Gasteiger partial charge is 0.142 e. The van der Waals surface area contributed by atoms with Crippen LogP contribution in [0.15, 0.2) is 42.5 Å². The van der Waals surface area contributed by atoms with Crippen molar-refractivity contribution in [3.8, 4) is 11.4 Å². The van der Waals surface area contributed by atoms with E-state index in [1.807, 2.05) is 55.1 Å². The van der Waals surface area contributed by atoms with Gasteiger partial charge in [0.1, 0.15) is 5.82 Å². The summed E-state index contributed by atoms with van der Waals surface area (Å²) in [4.78, 5) is 4.69. The Morgan fingerprint density at radius 2 is 1.89 bits per heavy atom. The lowest BCUT2D eigenvalue weighted by molar-refractivity contribution is 0.959. The third-order valence-electron chi connectivity index (χ3n) is 3.28. The average molecular weight is 272 g/mol. The first-order valence-corrected chi connectivity index (χ1v) is 6.48. The molecule has 2 aromatic carbocycles. The third-order valence-corrected chi connectivity index (χ3v) is 3.59. The summed E-state index contributed by atoms with van der Waals surface area (Å²) in [7, 11) is 3.90. The van der Waals surface area contributed by atoms with Gasteiger partial charge in [-0.05, 0) is 24.3 Å². The lowest BCUT2D eigenvalue weighted by Crippen LogP contribution is -1.97. The second-order valence-electron chi connectivity index (χ2n) is 4.40. The quantitative estimate of drug-likeness (QED) is 0.765. The number of halogens is 1. The first-order chi connectivity index (χ1) is 9.22. The number of hydrogen-bond acceptors (Lipinski definition) is 2. The number of hydrogen-bond donors (Lipinski definition) is 1. The molecule has 0 amide bonds. The van der Waals surface area contributed by atoms with Crippen LogP contribution in [0.5, 0.6) is 0 Å². The van der Waals surface area contributed by atoms with Crippen LogP contribution in [0.3, 0.4) is 0 Å². The normalized spacial score (nSPS) is 10.9. The van der Waals surface area contributed by atoms with Gasteiger partial charge < -0.3 is 9.88 Å². The van der Waals surface area contributed by atoms with Gasteiger partial charge in [-0.25, -0.2) is 4.98 Å². The van der Waals surface area contributed by atoms with Gasteiger partial charge in [-0.2, -0.15) is 0 Å². The fourth-order valence-electron chi connectivity index (χ4n) is 2.36. The van der Waals surface area contributed by atoms with Crippen molar-refractivity contribution >= 4 is 28.3 Å². The average Bonchev–Trinajstić information content (AvgIpc) is 2.77. The van der Waals surface area contributed by atoms with Crippen molar-refractivity contribution in [2.24, 2.45) is 7.05 Å². The predicted octanol–water partition coefficient (Wildman–Crippen LogP) is 3.94.